The van der Waals surface area contributed by atoms with E-state index in [4.69, 9.17) is 5.73 Å². The molecule has 1 aromatic rings. The third kappa shape index (κ3) is 3.40. The number of hydrogen-bond acceptors (Lipinski definition) is 2. The normalized spacial score (nSPS) is 32.2. The van der Waals surface area contributed by atoms with E-state index in [1.54, 1.807) is 0 Å². The van der Waals surface area contributed by atoms with Crippen molar-refractivity contribution in [1.82, 2.24) is 4.90 Å². The zero-order valence-corrected chi connectivity index (χ0v) is 19.4. The summed E-state index contributed by atoms with van der Waals surface area (Å²) in [5.74, 6) is -0.531. The molecular formula is C25H27F7N2O2. The number of amides is 2. The van der Waals surface area contributed by atoms with Crippen LogP contribution in [-0.4, -0.2) is 41.7 Å². The van der Waals surface area contributed by atoms with Crippen LogP contribution in [-0.2, 0) is 21.7 Å². The standard InChI is InChI=1S/C25H27F7N2O2/c26-23(24(27,28)29,25(30,31)32)15-2-3-16-14(13-15)1-4-18-17(16)5-12-34(18)20(36)22-9-6-21(7-10-22,8-11-22)19(33)35/h2-3,13,17-18H,1,4-12H2,(H2,33,35). The Kier molecular flexibility index (Phi) is 5.51. The van der Waals surface area contributed by atoms with Crippen molar-refractivity contribution >= 4 is 11.8 Å². The lowest BCUT2D eigenvalue weighted by atomic mass is 9.53. The van der Waals surface area contributed by atoms with Gasteiger partial charge in [-0.2, -0.15) is 26.3 Å². The van der Waals surface area contributed by atoms with Gasteiger partial charge >= 0.3 is 18.0 Å². The largest absolute Gasteiger partial charge is 0.435 e. The van der Waals surface area contributed by atoms with Gasteiger partial charge in [0.2, 0.25) is 11.8 Å². The molecule has 3 saturated carbocycles. The summed E-state index contributed by atoms with van der Waals surface area (Å²) in [5, 5.41) is 0. The van der Waals surface area contributed by atoms with E-state index in [2.05, 4.69) is 0 Å². The fourth-order valence-corrected chi connectivity index (χ4v) is 7.20. The van der Waals surface area contributed by atoms with E-state index >= 15 is 0 Å². The smallest absolute Gasteiger partial charge is 0.369 e. The van der Waals surface area contributed by atoms with E-state index in [-0.39, 0.29) is 35.8 Å². The molecule has 0 spiro atoms. The first-order valence-corrected chi connectivity index (χ1v) is 12.2. The van der Waals surface area contributed by atoms with Crippen LogP contribution in [0.5, 0.6) is 0 Å². The van der Waals surface area contributed by atoms with Crippen molar-refractivity contribution in [2.24, 2.45) is 16.6 Å². The molecule has 2 atom stereocenters. The summed E-state index contributed by atoms with van der Waals surface area (Å²) in [5.41, 5.74) is -1.55. The van der Waals surface area contributed by atoms with Crippen LogP contribution < -0.4 is 5.73 Å². The number of likely N-dealkylation sites (tertiary alicyclic amines) is 1. The molecule has 1 aromatic carbocycles. The minimum Gasteiger partial charge on any atom is -0.369 e. The molecule has 4 nitrogen and oxygen atoms in total. The predicted molar refractivity (Wildman–Crippen MR) is 114 cm³/mol. The molecule has 2 unspecified atom stereocenters. The first-order valence-electron chi connectivity index (χ1n) is 12.2. The first-order chi connectivity index (χ1) is 16.7. The molecule has 36 heavy (non-hydrogen) atoms. The highest BCUT2D eigenvalue weighted by Crippen LogP contribution is 2.59. The second-order valence-corrected chi connectivity index (χ2v) is 11.0. The summed E-state index contributed by atoms with van der Waals surface area (Å²) in [6.07, 6.45) is -7.78. The van der Waals surface area contributed by atoms with Gasteiger partial charge in [-0.15, -0.1) is 0 Å². The Morgan fingerprint density at radius 3 is 1.94 bits per heavy atom. The molecule has 1 heterocycles. The quantitative estimate of drug-likeness (QED) is 0.540. The molecular weight excluding hydrogens is 493 g/mol. The van der Waals surface area contributed by atoms with Crippen LogP contribution in [0.25, 0.3) is 0 Å². The number of carbonyl (C=O) groups is 2. The number of primary amides is 1. The number of benzene rings is 1. The molecule has 2 N–H and O–H groups in total. The van der Waals surface area contributed by atoms with Crippen molar-refractivity contribution < 1.29 is 40.3 Å². The summed E-state index contributed by atoms with van der Waals surface area (Å²) in [6.45, 7) is 0.441. The van der Waals surface area contributed by atoms with Crippen LogP contribution in [0.4, 0.5) is 30.7 Å². The van der Waals surface area contributed by atoms with Gasteiger partial charge in [-0.3, -0.25) is 9.59 Å². The van der Waals surface area contributed by atoms with Crippen molar-refractivity contribution in [3.8, 4) is 0 Å². The fourth-order valence-electron chi connectivity index (χ4n) is 7.20. The average Bonchev–Trinajstić information content (AvgIpc) is 3.26. The first kappa shape index (κ1) is 25.3. The number of fused-ring (bicyclic) bond motifs is 6. The molecule has 0 radical (unpaired) electrons. The minimum atomic E-state index is -6.15. The van der Waals surface area contributed by atoms with Crippen molar-refractivity contribution in [1.29, 1.82) is 0 Å². The number of nitrogens with zero attached hydrogens (tertiary/aromatic N) is 1. The zero-order chi connectivity index (χ0) is 26.3. The molecule has 11 heteroatoms. The lowest BCUT2D eigenvalue weighted by Gasteiger charge is -2.52. The molecule has 5 aliphatic rings. The molecule has 2 bridgehead atoms. The summed E-state index contributed by atoms with van der Waals surface area (Å²) >= 11 is 0. The van der Waals surface area contributed by atoms with Crippen molar-refractivity contribution in [2.45, 2.75) is 87.8 Å². The van der Waals surface area contributed by atoms with Gasteiger partial charge in [0, 0.05) is 34.9 Å². The number of nitrogens with two attached hydrogens (primary N) is 1. The predicted octanol–water partition coefficient (Wildman–Crippen LogP) is 5.43. The molecule has 6 rings (SSSR count). The number of carbonyl (C=O) groups excluding carboxylic acids is 2. The van der Waals surface area contributed by atoms with E-state index < -0.39 is 34.4 Å². The molecule has 0 aromatic heterocycles. The van der Waals surface area contributed by atoms with E-state index in [0.717, 1.165) is 0 Å². The number of hydrogen-bond donors (Lipinski definition) is 1. The van der Waals surface area contributed by atoms with Gasteiger partial charge in [0.05, 0.1) is 0 Å². The lowest BCUT2D eigenvalue weighted by molar-refractivity contribution is -0.348. The van der Waals surface area contributed by atoms with Gasteiger partial charge in [0.1, 0.15) is 0 Å². The highest BCUT2D eigenvalue weighted by atomic mass is 19.4. The maximum absolute atomic E-state index is 14.6. The van der Waals surface area contributed by atoms with Crippen molar-refractivity contribution in [3.63, 3.8) is 0 Å². The van der Waals surface area contributed by atoms with Gasteiger partial charge in [-0.05, 0) is 68.9 Å². The third-order valence-electron chi connectivity index (χ3n) is 9.46. The number of alkyl halides is 7. The van der Waals surface area contributed by atoms with Gasteiger partial charge in [-0.25, -0.2) is 4.39 Å². The van der Waals surface area contributed by atoms with Crippen LogP contribution in [0.1, 0.15) is 74.0 Å². The topological polar surface area (TPSA) is 63.4 Å². The number of aryl methyl sites for hydroxylation is 1. The molecule has 4 fully saturated rings. The molecule has 4 aliphatic carbocycles. The Balaban J connectivity index is 1.39. The Hall–Kier alpha value is -2.33. The average molecular weight is 520 g/mol. The molecule has 198 valence electrons. The van der Waals surface area contributed by atoms with E-state index in [1.165, 1.54) is 6.07 Å². The highest BCUT2D eigenvalue weighted by molar-refractivity contribution is 5.86. The maximum Gasteiger partial charge on any atom is 0.435 e. The van der Waals surface area contributed by atoms with Crippen molar-refractivity contribution in [3.05, 3.63) is 34.9 Å². The van der Waals surface area contributed by atoms with Gasteiger partial charge < -0.3 is 10.6 Å². The van der Waals surface area contributed by atoms with E-state index in [9.17, 15) is 40.3 Å². The van der Waals surface area contributed by atoms with Crippen molar-refractivity contribution in [2.75, 3.05) is 6.54 Å². The minimum absolute atomic E-state index is 0.0183. The molecule has 1 saturated heterocycles. The second kappa shape index (κ2) is 7.84. The highest BCUT2D eigenvalue weighted by Gasteiger charge is 2.73. The summed E-state index contributed by atoms with van der Waals surface area (Å²) < 4.78 is 93.9. The number of halogens is 7. The van der Waals surface area contributed by atoms with Crippen LogP contribution >= 0.6 is 0 Å². The van der Waals surface area contributed by atoms with Gasteiger partial charge in [-0.1, -0.05) is 18.2 Å². The zero-order valence-electron chi connectivity index (χ0n) is 19.4. The van der Waals surface area contributed by atoms with Crippen LogP contribution in [0.15, 0.2) is 18.2 Å². The Bertz CT molecular complexity index is 1060. The monoisotopic (exact) mass is 520 g/mol. The molecule has 1 aliphatic heterocycles. The fraction of sp³-hybridized carbons (Fsp3) is 0.680. The Morgan fingerprint density at radius 1 is 0.861 bits per heavy atom. The van der Waals surface area contributed by atoms with Gasteiger partial charge in [0.15, 0.2) is 0 Å². The van der Waals surface area contributed by atoms with E-state index in [1.807, 2.05) is 4.90 Å². The molecule has 2 amide bonds. The summed E-state index contributed by atoms with van der Waals surface area (Å²) in [7, 11) is 0. The van der Waals surface area contributed by atoms with Crippen LogP contribution in [0, 0.1) is 10.8 Å². The van der Waals surface area contributed by atoms with Gasteiger partial charge in [0.25, 0.3) is 0 Å². The van der Waals surface area contributed by atoms with Crippen LogP contribution in [0.2, 0.25) is 0 Å². The lowest BCUT2D eigenvalue weighted by Crippen LogP contribution is -2.55. The second-order valence-electron chi connectivity index (χ2n) is 11.0. The Labute approximate surface area is 203 Å². The SMILES string of the molecule is NC(=O)C12CCC(C(=O)N3CCC4c5ccc(C(F)(C(F)(F)F)C(F)(F)F)cc5CCC43)(CC1)CC2. The Morgan fingerprint density at radius 2 is 1.42 bits per heavy atom. The maximum atomic E-state index is 14.6. The number of rotatable bonds is 3. The van der Waals surface area contributed by atoms with Crippen LogP contribution in [0.3, 0.4) is 0 Å². The summed E-state index contributed by atoms with van der Waals surface area (Å²) in [4.78, 5) is 27.5. The summed E-state index contributed by atoms with van der Waals surface area (Å²) in [6, 6.07) is 2.23. The third-order valence-corrected chi connectivity index (χ3v) is 9.46. The van der Waals surface area contributed by atoms with E-state index in [0.29, 0.717) is 75.6 Å².